The van der Waals surface area contributed by atoms with E-state index in [2.05, 4.69) is 0 Å². The number of hydrogen-bond acceptors (Lipinski definition) is 2. The van der Waals surface area contributed by atoms with Crippen LogP contribution in [0.3, 0.4) is 0 Å². The molecule has 0 aliphatic rings. The number of benzene rings is 1. The Bertz CT molecular complexity index is 715. The summed E-state index contributed by atoms with van der Waals surface area (Å²) in [5, 5.41) is 9.24. The molecule has 2 rings (SSSR count). The van der Waals surface area contributed by atoms with Crippen LogP contribution in [0.5, 0.6) is 0 Å². The topological polar surface area (TPSA) is 45.8 Å². The number of nitriles is 1. The third kappa shape index (κ3) is 2.55. The summed E-state index contributed by atoms with van der Waals surface area (Å²) in [5.41, 5.74) is 3.73. The number of carbonyl (C=O) groups excluding carboxylic acids is 1. The van der Waals surface area contributed by atoms with Crippen LogP contribution in [0.1, 0.15) is 27.3 Å². The molecule has 1 aromatic heterocycles. The van der Waals surface area contributed by atoms with Crippen molar-refractivity contribution in [1.29, 1.82) is 5.26 Å². The first-order valence-electron chi connectivity index (χ1n) is 6.39. The first-order chi connectivity index (χ1) is 9.54. The van der Waals surface area contributed by atoms with Gasteiger partial charge in [-0.2, -0.15) is 5.26 Å². The summed E-state index contributed by atoms with van der Waals surface area (Å²) in [4.78, 5) is 12.3. The van der Waals surface area contributed by atoms with Crippen molar-refractivity contribution in [3.05, 3.63) is 64.5 Å². The van der Waals surface area contributed by atoms with Crippen LogP contribution in [0.2, 0.25) is 0 Å². The smallest absolute Gasteiger partial charge is 0.203 e. The minimum absolute atomic E-state index is 0.157. The highest BCUT2D eigenvalue weighted by molar-refractivity contribution is 6.14. The summed E-state index contributed by atoms with van der Waals surface area (Å²) in [6.07, 6.45) is 1.66. The van der Waals surface area contributed by atoms with Gasteiger partial charge < -0.3 is 4.57 Å². The molecule has 0 spiro atoms. The zero-order chi connectivity index (χ0) is 14.7. The van der Waals surface area contributed by atoms with Crippen molar-refractivity contribution in [1.82, 2.24) is 4.57 Å². The van der Waals surface area contributed by atoms with Gasteiger partial charge in [0.25, 0.3) is 0 Å². The maximum Gasteiger partial charge on any atom is 0.203 e. The molecule has 0 atom stereocenters. The van der Waals surface area contributed by atoms with E-state index in [0.717, 1.165) is 17.0 Å². The Morgan fingerprint density at radius 3 is 2.40 bits per heavy atom. The lowest BCUT2D eigenvalue weighted by molar-refractivity contribution is 0.104. The van der Waals surface area contributed by atoms with E-state index in [4.69, 9.17) is 0 Å². The van der Waals surface area contributed by atoms with E-state index in [1.165, 1.54) is 0 Å². The monoisotopic (exact) mass is 264 g/mol. The Hall–Kier alpha value is -2.60. The van der Waals surface area contributed by atoms with Crippen LogP contribution in [0.4, 0.5) is 0 Å². The minimum Gasteiger partial charge on any atom is -0.352 e. The minimum atomic E-state index is -0.242. The Balaban J connectivity index is 2.43. The van der Waals surface area contributed by atoms with Gasteiger partial charge in [-0.1, -0.05) is 30.3 Å². The predicted octanol–water partition coefficient (Wildman–Crippen LogP) is 3.43. The largest absolute Gasteiger partial charge is 0.352 e. The molecule has 0 amide bonds. The summed E-state index contributed by atoms with van der Waals surface area (Å²) in [7, 11) is 1.97. The SMILES string of the molecule is Cc1cc(/C=C(\C#N)C(=O)c2ccccc2)c(C)n1C. The highest BCUT2D eigenvalue weighted by Gasteiger charge is 2.13. The zero-order valence-electron chi connectivity index (χ0n) is 11.8. The molecule has 2 aromatic rings. The van der Waals surface area contributed by atoms with Gasteiger partial charge in [0.1, 0.15) is 11.6 Å². The standard InChI is InChI=1S/C17H16N2O/c1-12-9-15(13(2)19(12)3)10-16(11-18)17(20)14-7-5-4-6-8-14/h4-10H,1-3H3/b16-10+. The maximum absolute atomic E-state index is 12.3. The first-order valence-corrected chi connectivity index (χ1v) is 6.39. The predicted molar refractivity (Wildman–Crippen MR) is 79.2 cm³/mol. The van der Waals surface area contributed by atoms with Crippen LogP contribution in [0.15, 0.2) is 42.0 Å². The molecule has 0 unspecified atom stereocenters. The normalized spacial score (nSPS) is 11.2. The molecule has 0 saturated carbocycles. The fourth-order valence-electron chi connectivity index (χ4n) is 2.08. The molecular weight excluding hydrogens is 248 g/mol. The van der Waals surface area contributed by atoms with Gasteiger partial charge in [0.15, 0.2) is 0 Å². The van der Waals surface area contributed by atoms with Crippen molar-refractivity contribution >= 4 is 11.9 Å². The number of ketones is 1. The molecule has 1 heterocycles. The second kappa shape index (κ2) is 5.58. The average Bonchev–Trinajstić information content (AvgIpc) is 2.72. The molecule has 0 N–H and O–H groups in total. The van der Waals surface area contributed by atoms with Gasteiger partial charge in [0, 0.05) is 24.0 Å². The Morgan fingerprint density at radius 2 is 1.90 bits per heavy atom. The lowest BCUT2D eigenvalue weighted by atomic mass is 10.0. The summed E-state index contributed by atoms with van der Waals surface area (Å²) in [6, 6.07) is 12.9. The van der Waals surface area contributed by atoms with E-state index >= 15 is 0 Å². The van der Waals surface area contributed by atoms with E-state index in [1.807, 2.05) is 43.7 Å². The second-order valence-electron chi connectivity index (χ2n) is 4.75. The van der Waals surface area contributed by atoms with Crippen LogP contribution in [-0.4, -0.2) is 10.4 Å². The van der Waals surface area contributed by atoms with Crippen molar-refractivity contribution < 1.29 is 4.79 Å². The zero-order valence-corrected chi connectivity index (χ0v) is 11.8. The molecule has 0 saturated heterocycles. The van der Waals surface area contributed by atoms with E-state index in [1.54, 1.807) is 30.3 Å². The molecule has 0 fully saturated rings. The van der Waals surface area contributed by atoms with Gasteiger partial charge >= 0.3 is 0 Å². The van der Waals surface area contributed by atoms with E-state index < -0.39 is 0 Å². The third-order valence-corrected chi connectivity index (χ3v) is 3.52. The molecule has 20 heavy (non-hydrogen) atoms. The number of nitrogens with zero attached hydrogens (tertiary/aromatic N) is 2. The van der Waals surface area contributed by atoms with E-state index in [0.29, 0.717) is 5.56 Å². The number of carbonyl (C=O) groups is 1. The van der Waals surface area contributed by atoms with Gasteiger partial charge in [-0.15, -0.1) is 0 Å². The number of Topliss-reactive ketones (excluding diaryl/α,β-unsaturated/α-hetero) is 1. The molecule has 100 valence electrons. The van der Waals surface area contributed by atoms with E-state index in [-0.39, 0.29) is 11.4 Å². The van der Waals surface area contributed by atoms with Gasteiger partial charge in [-0.25, -0.2) is 0 Å². The van der Waals surface area contributed by atoms with E-state index in [9.17, 15) is 10.1 Å². The maximum atomic E-state index is 12.3. The summed E-state index contributed by atoms with van der Waals surface area (Å²) in [5.74, 6) is -0.242. The second-order valence-corrected chi connectivity index (χ2v) is 4.75. The Labute approximate surface area is 118 Å². The van der Waals surface area contributed by atoms with Gasteiger partial charge in [0.05, 0.1) is 0 Å². The summed E-state index contributed by atoms with van der Waals surface area (Å²) < 4.78 is 2.04. The van der Waals surface area contributed by atoms with Crippen molar-refractivity contribution in [2.75, 3.05) is 0 Å². The molecule has 0 bridgehead atoms. The van der Waals surface area contributed by atoms with Gasteiger partial charge in [-0.05, 0) is 31.6 Å². The third-order valence-electron chi connectivity index (χ3n) is 3.52. The molecule has 3 nitrogen and oxygen atoms in total. The first kappa shape index (κ1) is 13.8. The van der Waals surface area contributed by atoms with Crippen LogP contribution < -0.4 is 0 Å². The quantitative estimate of drug-likeness (QED) is 0.484. The number of allylic oxidation sites excluding steroid dienone is 1. The fourth-order valence-corrected chi connectivity index (χ4v) is 2.08. The fraction of sp³-hybridized carbons (Fsp3) is 0.176. The molecular formula is C17H16N2O. The highest BCUT2D eigenvalue weighted by atomic mass is 16.1. The number of hydrogen-bond donors (Lipinski definition) is 0. The summed E-state index contributed by atoms with van der Waals surface area (Å²) >= 11 is 0. The molecule has 3 heteroatoms. The number of aryl methyl sites for hydroxylation is 1. The molecule has 0 aliphatic carbocycles. The van der Waals surface area contributed by atoms with Crippen LogP contribution in [0, 0.1) is 25.2 Å². The number of rotatable bonds is 3. The average molecular weight is 264 g/mol. The number of aromatic nitrogens is 1. The summed E-state index contributed by atoms with van der Waals surface area (Å²) in [6.45, 7) is 3.97. The van der Waals surface area contributed by atoms with Crippen LogP contribution >= 0.6 is 0 Å². The van der Waals surface area contributed by atoms with Crippen molar-refractivity contribution in [3.8, 4) is 6.07 Å². The Morgan fingerprint density at radius 1 is 1.25 bits per heavy atom. The van der Waals surface area contributed by atoms with Gasteiger partial charge in [0.2, 0.25) is 5.78 Å². The van der Waals surface area contributed by atoms with Crippen molar-refractivity contribution in [3.63, 3.8) is 0 Å². The molecule has 1 aromatic carbocycles. The van der Waals surface area contributed by atoms with Gasteiger partial charge in [-0.3, -0.25) is 4.79 Å². The van der Waals surface area contributed by atoms with Crippen molar-refractivity contribution in [2.24, 2.45) is 7.05 Å². The van der Waals surface area contributed by atoms with Crippen LogP contribution in [0.25, 0.3) is 6.08 Å². The molecule has 0 radical (unpaired) electrons. The van der Waals surface area contributed by atoms with Crippen molar-refractivity contribution in [2.45, 2.75) is 13.8 Å². The Kier molecular flexibility index (Phi) is 3.86. The lowest BCUT2D eigenvalue weighted by Crippen LogP contribution is -2.01. The van der Waals surface area contributed by atoms with Crippen LogP contribution in [-0.2, 0) is 7.05 Å². The highest BCUT2D eigenvalue weighted by Crippen LogP contribution is 2.18. The molecule has 0 aliphatic heterocycles. The lowest BCUT2D eigenvalue weighted by Gasteiger charge is -2.01.